The van der Waals surface area contributed by atoms with Crippen LogP contribution in [0.25, 0.3) is 0 Å². The average Bonchev–Trinajstić information content (AvgIpc) is 3.25. The van der Waals surface area contributed by atoms with E-state index in [0.717, 1.165) is 18.6 Å². The summed E-state index contributed by atoms with van der Waals surface area (Å²) in [5.74, 6) is -0.132. The van der Waals surface area contributed by atoms with Crippen LogP contribution in [0, 0.1) is 0 Å². The third-order valence-corrected chi connectivity index (χ3v) is 3.76. The molecule has 2 atom stereocenters. The quantitative estimate of drug-likeness (QED) is 0.894. The zero-order valence-corrected chi connectivity index (χ0v) is 12.5. The summed E-state index contributed by atoms with van der Waals surface area (Å²) in [6.45, 7) is 0.495. The molecule has 2 aromatic rings. The minimum Gasteiger partial charge on any atom is -0.368 e. The first kappa shape index (κ1) is 16.4. The molecule has 1 aromatic carbocycles. The van der Waals surface area contributed by atoms with Crippen LogP contribution in [0.5, 0.6) is 0 Å². The van der Waals surface area contributed by atoms with Gasteiger partial charge >= 0.3 is 6.18 Å². The first-order valence-corrected chi connectivity index (χ1v) is 7.39. The Kier molecular flexibility index (Phi) is 4.52. The van der Waals surface area contributed by atoms with E-state index in [9.17, 15) is 18.0 Å². The zero-order valence-electron chi connectivity index (χ0n) is 12.5. The number of carbonyl (C=O) groups excluding carboxylic acids is 1. The molecule has 128 valence electrons. The summed E-state index contributed by atoms with van der Waals surface area (Å²) < 4.78 is 44.1. The maximum absolute atomic E-state index is 12.9. The largest absolute Gasteiger partial charge is 0.416 e. The molecule has 1 aliphatic heterocycles. The molecule has 0 saturated carbocycles. The molecule has 1 amide bonds. The summed E-state index contributed by atoms with van der Waals surface area (Å²) in [7, 11) is 0. The standard InChI is InChI=1S/C15H15F3N4O2/c16-15(17,18)10-4-1-3-9(7-10)12(13-19-8-20-22-13)21-14(23)11-5-2-6-24-11/h1,3-4,7-8,11-12H,2,5-6H2,(H,21,23)(H,19,20,22)/t11-,12?/m0/s1. The summed E-state index contributed by atoms with van der Waals surface area (Å²) in [5, 5.41) is 8.99. The molecule has 2 heterocycles. The van der Waals surface area contributed by atoms with Gasteiger partial charge in [0.1, 0.15) is 18.5 Å². The molecule has 24 heavy (non-hydrogen) atoms. The topological polar surface area (TPSA) is 79.9 Å². The molecule has 1 aliphatic rings. The summed E-state index contributed by atoms with van der Waals surface area (Å²) >= 11 is 0. The van der Waals surface area contributed by atoms with E-state index in [1.165, 1.54) is 18.5 Å². The van der Waals surface area contributed by atoms with Gasteiger partial charge in [-0.25, -0.2) is 4.98 Å². The van der Waals surface area contributed by atoms with Crippen molar-refractivity contribution in [2.45, 2.75) is 31.2 Å². The van der Waals surface area contributed by atoms with Gasteiger partial charge in [0.15, 0.2) is 5.82 Å². The first-order chi connectivity index (χ1) is 11.4. The lowest BCUT2D eigenvalue weighted by molar-refractivity contribution is -0.137. The fourth-order valence-corrected chi connectivity index (χ4v) is 2.58. The molecule has 1 fully saturated rings. The Hall–Kier alpha value is -2.42. The molecule has 1 aromatic heterocycles. The number of hydrogen-bond donors (Lipinski definition) is 2. The number of carbonyl (C=O) groups is 1. The van der Waals surface area contributed by atoms with Crippen molar-refractivity contribution in [3.63, 3.8) is 0 Å². The lowest BCUT2D eigenvalue weighted by Crippen LogP contribution is -2.37. The van der Waals surface area contributed by atoms with Crippen molar-refractivity contribution in [2.75, 3.05) is 6.61 Å². The smallest absolute Gasteiger partial charge is 0.368 e. The van der Waals surface area contributed by atoms with Crippen molar-refractivity contribution in [1.82, 2.24) is 20.5 Å². The Morgan fingerprint density at radius 1 is 1.42 bits per heavy atom. The maximum Gasteiger partial charge on any atom is 0.416 e. The zero-order chi connectivity index (χ0) is 17.2. The van der Waals surface area contributed by atoms with Gasteiger partial charge in [-0.2, -0.15) is 18.3 Å². The van der Waals surface area contributed by atoms with Crippen molar-refractivity contribution >= 4 is 5.91 Å². The van der Waals surface area contributed by atoms with Gasteiger partial charge in [0.05, 0.1) is 5.56 Å². The van der Waals surface area contributed by atoms with Crippen LogP contribution in [0.15, 0.2) is 30.6 Å². The van der Waals surface area contributed by atoms with E-state index in [4.69, 9.17) is 4.74 Å². The molecule has 9 heteroatoms. The van der Waals surface area contributed by atoms with Crippen molar-refractivity contribution < 1.29 is 22.7 Å². The van der Waals surface area contributed by atoms with Gasteiger partial charge in [-0.05, 0) is 30.5 Å². The second-order valence-corrected chi connectivity index (χ2v) is 5.44. The molecule has 0 bridgehead atoms. The van der Waals surface area contributed by atoms with Crippen LogP contribution < -0.4 is 5.32 Å². The molecule has 1 saturated heterocycles. The Morgan fingerprint density at radius 2 is 2.25 bits per heavy atom. The monoisotopic (exact) mass is 340 g/mol. The number of amides is 1. The molecule has 0 radical (unpaired) electrons. The van der Waals surface area contributed by atoms with Crippen molar-refractivity contribution in [2.24, 2.45) is 0 Å². The fraction of sp³-hybridized carbons (Fsp3) is 0.400. The minimum absolute atomic E-state index is 0.251. The molecule has 0 aliphatic carbocycles. The minimum atomic E-state index is -4.47. The average molecular weight is 340 g/mol. The van der Waals surface area contributed by atoms with Gasteiger partial charge < -0.3 is 10.1 Å². The molecular formula is C15H15F3N4O2. The second kappa shape index (κ2) is 6.60. The normalized spacial score (nSPS) is 19.2. The van der Waals surface area contributed by atoms with E-state index < -0.39 is 23.9 Å². The third kappa shape index (κ3) is 3.56. The highest BCUT2D eigenvalue weighted by molar-refractivity contribution is 5.81. The highest BCUT2D eigenvalue weighted by atomic mass is 19.4. The van der Waals surface area contributed by atoms with Crippen molar-refractivity contribution in [1.29, 1.82) is 0 Å². The van der Waals surface area contributed by atoms with Gasteiger partial charge in [0, 0.05) is 6.61 Å². The number of rotatable bonds is 4. The first-order valence-electron chi connectivity index (χ1n) is 7.39. The highest BCUT2D eigenvalue weighted by Crippen LogP contribution is 2.31. The number of nitrogens with zero attached hydrogens (tertiary/aromatic N) is 2. The Morgan fingerprint density at radius 3 is 2.88 bits per heavy atom. The molecule has 6 nitrogen and oxygen atoms in total. The van der Waals surface area contributed by atoms with Gasteiger partial charge in [-0.1, -0.05) is 12.1 Å². The van der Waals surface area contributed by atoms with Gasteiger partial charge in [0.2, 0.25) is 5.91 Å². The fourth-order valence-electron chi connectivity index (χ4n) is 2.58. The summed E-state index contributed by atoms with van der Waals surface area (Å²) in [6, 6.07) is 3.88. The molecule has 3 rings (SSSR count). The number of ether oxygens (including phenoxy) is 1. The van der Waals surface area contributed by atoms with Crippen LogP contribution in [0.4, 0.5) is 13.2 Å². The Balaban J connectivity index is 1.89. The van der Waals surface area contributed by atoms with Gasteiger partial charge in [-0.3, -0.25) is 9.89 Å². The van der Waals surface area contributed by atoms with E-state index in [1.54, 1.807) is 0 Å². The Labute approximate surface area is 135 Å². The molecule has 1 unspecified atom stereocenters. The van der Waals surface area contributed by atoms with E-state index in [1.807, 2.05) is 0 Å². The van der Waals surface area contributed by atoms with Gasteiger partial charge in [0.25, 0.3) is 0 Å². The number of alkyl halides is 3. The summed E-state index contributed by atoms with van der Waals surface area (Å²) in [5.41, 5.74) is -0.538. The van der Waals surface area contributed by atoms with E-state index in [2.05, 4.69) is 20.5 Å². The van der Waals surface area contributed by atoms with Crippen LogP contribution in [0.1, 0.15) is 35.8 Å². The lowest BCUT2D eigenvalue weighted by Gasteiger charge is -2.20. The van der Waals surface area contributed by atoms with Crippen molar-refractivity contribution in [3.05, 3.63) is 47.5 Å². The number of nitrogens with one attached hydrogen (secondary N) is 2. The number of aromatic amines is 1. The van der Waals surface area contributed by atoms with Gasteiger partial charge in [-0.15, -0.1) is 0 Å². The number of halogens is 3. The van der Waals surface area contributed by atoms with E-state index in [0.29, 0.717) is 13.0 Å². The summed E-state index contributed by atoms with van der Waals surface area (Å²) in [6.07, 6.45) is -2.48. The van der Waals surface area contributed by atoms with Crippen LogP contribution in [0.3, 0.4) is 0 Å². The molecule has 2 N–H and O–H groups in total. The number of benzene rings is 1. The molecule has 0 spiro atoms. The SMILES string of the molecule is O=C(NC(c1cccc(C(F)(F)F)c1)c1ncn[nH]1)[C@@H]1CCCO1. The lowest BCUT2D eigenvalue weighted by atomic mass is 10.0. The Bertz CT molecular complexity index is 697. The van der Waals surface area contributed by atoms with Crippen LogP contribution >= 0.6 is 0 Å². The predicted molar refractivity (Wildman–Crippen MR) is 76.8 cm³/mol. The van der Waals surface area contributed by atoms with E-state index >= 15 is 0 Å². The second-order valence-electron chi connectivity index (χ2n) is 5.44. The predicted octanol–water partition coefficient (Wildman–Crippen LogP) is 2.21. The van der Waals surface area contributed by atoms with Crippen molar-refractivity contribution in [3.8, 4) is 0 Å². The molecular weight excluding hydrogens is 325 g/mol. The summed E-state index contributed by atoms with van der Waals surface area (Å²) in [4.78, 5) is 16.2. The highest BCUT2D eigenvalue weighted by Gasteiger charge is 2.32. The van der Waals surface area contributed by atoms with Crippen LogP contribution in [-0.2, 0) is 15.7 Å². The third-order valence-electron chi connectivity index (χ3n) is 3.76. The van der Waals surface area contributed by atoms with Crippen LogP contribution in [-0.4, -0.2) is 33.8 Å². The number of aromatic nitrogens is 3. The van der Waals surface area contributed by atoms with Crippen LogP contribution in [0.2, 0.25) is 0 Å². The maximum atomic E-state index is 12.9. The van der Waals surface area contributed by atoms with E-state index in [-0.39, 0.29) is 17.3 Å². The number of H-pyrrole nitrogens is 1. The number of hydrogen-bond acceptors (Lipinski definition) is 4.